The van der Waals surface area contributed by atoms with Gasteiger partial charge in [-0.2, -0.15) is 0 Å². The van der Waals surface area contributed by atoms with E-state index in [0.717, 1.165) is 0 Å². The highest BCUT2D eigenvalue weighted by Gasteiger charge is 2.23. The van der Waals surface area contributed by atoms with E-state index in [1.165, 1.54) is 24.3 Å². The molecule has 0 aromatic heterocycles. The monoisotopic (exact) mass is 419 g/mol. The first-order valence-electron chi connectivity index (χ1n) is 9.07. The Kier molecular flexibility index (Phi) is 7.74. The molecule has 29 heavy (non-hydrogen) atoms. The number of amides is 2. The second-order valence-electron chi connectivity index (χ2n) is 6.88. The zero-order valence-electron chi connectivity index (χ0n) is 16.3. The van der Waals surface area contributed by atoms with Gasteiger partial charge in [0, 0.05) is 5.69 Å². The molecule has 9 heteroatoms. The van der Waals surface area contributed by atoms with E-state index in [9.17, 15) is 18.0 Å². The Labute approximate surface area is 170 Å². The van der Waals surface area contributed by atoms with Crippen LogP contribution in [-0.4, -0.2) is 32.9 Å². The summed E-state index contributed by atoms with van der Waals surface area (Å²) in [6.45, 7) is 3.53. The van der Waals surface area contributed by atoms with Gasteiger partial charge < -0.3 is 15.8 Å². The number of sulfonamides is 1. The summed E-state index contributed by atoms with van der Waals surface area (Å²) in [4.78, 5) is 23.9. The number of hydrogen-bond donors (Lipinski definition) is 3. The summed E-state index contributed by atoms with van der Waals surface area (Å²) < 4.78 is 32.2. The lowest BCUT2D eigenvalue weighted by atomic mass is 10.0. The van der Waals surface area contributed by atoms with Crippen LogP contribution in [0.3, 0.4) is 0 Å². The van der Waals surface area contributed by atoms with E-state index in [1.807, 2.05) is 24.6 Å². The molecule has 2 amide bonds. The van der Waals surface area contributed by atoms with Crippen molar-refractivity contribution in [2.75, 3.05) is 11.9 Å². The molecule has 1 atom stereocenters. The van der Waals surface area contributed by atoms with Crippen molar-refractivity contribution in [3.63, 3.8) is 0 Å². The van der Waals surface area contributed by atoms with Crippen LogP contribution in [0.25, 0.3) is 0 Å². The predicted molar refractivity (Wildman–Crippen MR) is 110 cm³/mol. The first kappa shape index (κ1) is 22.4. The second kappa shape index (κ2) is 10.0. The molecule has 0 aliphatic rings. The SMILES string of the molecule is CC(C)C[C@H](N)C(=O)NS(=O)(=O)c1cccc(NC(=O)COc2ccccc2)c1. The molecular weight excluding hydrogens is 394 g/mol. The van der Waals surface area contributed by atoms with Crippen molar-refractivity contribution in [2.24, 2.45) is 11.7 Å². The highest BCUT2D eigenvalue weighted by molar-refractivity contribution is 7.90. The summed E-state index contributed by atoms with van der Waals surface area (Å²) in [6.07, 6.45) is 0.360. The Bertz CT molecular complexity index is 946. The lowest BCUT2D eigenvalue weighted by Crippen LogP contribution is -2.43. The van der Waals surface area contributed by atoms with E-state index < -0.39 is 27.9 Å². The van der Waals surface area contributed by atoms with Crippen LogP contribution in [0.15, 0.2) is 59.5 Å². The molecule has 0 aliphatic carbocycles. The number of nitrogens with two attached hydrogens (primary N) is 1. The van der Waals surface area contributed by atoms with Gasteiger partial charge in [-0.25, -0.2) is 13.1 Å². The quantitative estimate of drug-likeness (QED) is 0.569. The van der Waals surface area contributed by atoms with E-state index in [4.69, 9.17) is 10.5 Å². The van der Waals surface area contributed by atoms with E-state index >= 15 is 0 Å². The number of para-hydroxylation sites is 1. The number of anilines is 1. The fourth-order valence-corrected chi connectivity index (χ4v) is 3.56. The van der Waals surface area contributed by atoms with Crippen molar-refractivity contribution in [2.45, 2.75) is 31.2 Å². The topological polar surface area (TPSA) is 128 Å². The molecule has 8 nitrogen and oxygen atoms in total. The number of rotatable bonds is 9. The molecule has 2 rings (SSSR count). The lowest BCUT2D eigenvalue weighted by molar-refractivity contribution is -0.121. The Morgan fingerprint density at radius 2 is 1.76 bits per heavy atom. The zero-order valence-corrected chi connectivity index (χ0v) is 17.1. The van der Waals surface area contributed by atoms with Crippen LogP contribution in [0.5, 0.6) is 5.75 Å². The molecule has 156 valence electrons. The van der Waals surface area contributed by atoms with Gasteiger partial charge in [0.2, 0.25) is 0 Å². The fourth-order valence-electron chi connectivity index (χ4n) is 2.49. The first-order chi connectivity index (χ1) is 13.7. The van der Waals surface area contributed by atoms with E-state index in [1.54, 1.807) is 24.3 Å². The highest BCUT2D eigenvalue weighted by atomic mass is 32.2. The zero-order chi connectivity index (χ0) is 21.4. The third kappa shape index (κ3) is 7.20. The van der Waals surface area contributed by atoms with Crippen LogP contribution in [0.2, 0.25) is 0 Å². The minimum Gasteiger partial charge on any atom is -0.484 e. The van der Waals surface area contributed by atoms with Crippen LogP contribution >= 0.6 is 0 Å². The summed E-state index contributed by atoms with van der Waals surface area (Å²) in [5.74, 6) is -0.537. The molecular formula is C20H25N3O5S. The summed E-state index contributed by atoms with van der Waals surface area (Å²) in [5.41, 5.74) is 5.99. The smallest absolute Gasteiger partial charge is 0.264 e. The minimum atomic E-state index is -4.12. The molecule has 0 heterocycles. The number of carbonyl (C=O) groups excluding carboxylic acids is 2. The van der Waals surface area contributed by atoms with Gasteiger partial charge in [0.05, 0.1) is 10.9 Å². The van der Waals surface area contributed by atoms with Crippen molar-refractivity contribution in [3.05, 3.63) is 54.6 Å². The van der Waals surface area contributed by atoms with Gasteiger partial charge in [0.1, 0.15) is 5.75 Å². The molecule has 0 saturated carbocycles. The molecule has 4 N–H and O–H groups in total. The fraction of sp³-hybridized carbons (Fsp3) is 0.300. The van der Waals surface area contributed by atoms with Crippen LogP contribution in [-0.2, 0) is 19.6 Å². The molecule has 2 aromatic rings. The van der Waals surface area contributed by atoms with Gasteiger partial charge in [0.15, 0.2) is 6.61 Å². The molecule has 0 aliphatic heterocycles. The normalized spacial score (nSPS) is 12.3. The van der Waals surface area contributed by atoms with Crippen molar-refractivity contribution >= 4 is 27.5 Å². The van der Waals surface area contributed by atoms with Crippen LogP contribution in [0.1, 0.15) is 20.3 Å². The Morgan fingerprint density at radius 1 is 1.07 bits per heavy atom. The van der Waals surface area contributed by atoms with Crippen molar-refractivity contribution in [1.82, 2.24) is 4.72 Å². The first-order valence-corrected chi connectivity index (χ1v) is 10.6. The number of benzene rings is 2. The highest BCUT2D eigenvalue weighted by Crippen LogP contribution is 2.16. The van der Waals surface area contributed by atoms with E-state index in [2.05, 4.69) is 5.32 Å². The molecule has 0 bridgehead atoms. The average Bonchev–Trinajstić information content (AvgIpc) is 2.66. The van der Waals surface area contributed by atoms with Gasteiger partial charge in [0.25, 0.3) is 21.8 Å². The third-order valence-electron chi connectivity index (χ3n) is 3.84. The maximum atomic E-state index is 12.5. The van der Waals surface area contributed by atoms with Gasteiger partial charge in [-0.1, -0.05) is 38.1 Å². The standard InChI is InChI=1S/C20H25N3O5S/c1-14(2)11-18(21)20(25)23-29(26,27)17-10-6-7-15(12-17)22-19(24)13-28-16-8-4-3-5-9-16/h3-10,12,14,18H,11,13,21H2,1-2H3,(H,22,24)(H,23,25)/t18-/m0/s1. The molecule has 2 aromatic carbocycles. The Morgan fingerprint density at radius 3 is 2.41 bits per heavy atom. The third-order valence-corrected chi connectivity index (χ3v) is 5.18. The maximum Gasteiger partial charge on any atom is 0.264 e. The van der Waals surface area contributed by atoms with Crippen molar-refractivity contribution < 1.29 is 22.7 Å². The van der Waals surface area contributed by atoms with Crippen LogP contribution < -0.4 is 20.5 Å². The number of nitrogens with one attached hydrogen (secondary N) is 2. The second-order valence-corrected chi connectivity index (χ2v) is 8.57. The van der Waals surface area contributed by atoms with Crippen LogP contribution in [0.4, 0.5) is 5.69 Å². The molecule has 0 saturated heterocycles. The van der Waals surface area contributed by atoms with Crippen LogP contribution in [0, 0.1) is 5.92 Å². The molecule has 0 fully saturated rings. The summed E-state index contributed by atoms with van der Waals surface area (Å²) in [6, 6.07) is 13.5. The molecule has 0 unspecified atom stereocenters. The summed E-state index contributed by atoms with van der Waals surface area (Å²) in [5, 5.41) is 2.56. The largest absolute Gasteiger partial charge is 0.484 e. The van der Waals surface area contributed by atoms with Gasteiger partial charge in [-0.05, 0) is 42.7 Å². The van der Waals surface area contributed by atoms with E-state index in [-0.39, 0.29) is 23.1 Å². The Hall–Kier alpha value is -2.91. The molecule has 0 radical (unpaired) electrons. The number of hydrogen-bond acceptors (Lipinski definition) is 6. The van der Waals surface area contributed by atoms with Crippen molar-refractivity contribution in [3.8, 4) is 5.75 Å². The van der Waals surface area contributed by atoms with Crippen molar-refractivity contribution in [1.29, 1.82) is 0 Å². The predicted octanol–water partition coefficient (Wildman–Crippen LogP) is 1.88. The van der Waals surface area contributed by atoms with Gasteiger partial charge in [-0.3, -0.25) is 9.59 Å². The minimum absolute atomic E-state index is 0.148. The van der Waals surface area contributed by atoms with Gasteiger partial charge >= 0.3 is 0 Å². The summed E-state index contributed by atoms with van der Waals surface area (Å²) in [7, 11) is -4.12. The molecule has 0 spiro atoms. The van der Waals surface area contributed by atoms with E-state index in [0.29, 0.717) is 12.2 Å². The number of carbonyl (C=O) groups is 2. The number of ether oxygens (including phenoxy) is 1. The summed E-state index contributed by atoms with van der Waals surface area (Å²) >= 11 is 0. The maximum absolute atomic E-state index is 12.5. The van der Waals surface area contributed by atoms with Gasteiger partial charge in [-0.15, -0.1) is 0 Å². The average molecular weight is 420 g/mol. The lowest BCUT2D eigenvalue weighted by Gasteiger charge is -2.15. The Balaban J connectivity index is 2.00.